The highest BCUT2D eigenvalue weighted by molar-refractivity contribution is 7.11. The van der Waals surface area contributed by atoms with Crippen molar-refractivity contribution < 1.29 is 9.32 Å². The summed E-state index contributed by atoms with van der Waals surface area (Å²) in [4.78, 5) is 24.1. The van der Waals surface area contributed by atoms with E-state index in [1.54, 1.807) is 5.51 Å². The van der Waals surface area contributed by atoms with Crippen molar-refractivity contribution in [1.29, 1.82) is 0 Å². The van der Waals surface area contributed by atoms with Crippen LogP contribution in [0.4, 0.5) is 0 Å². The Bertz CT molecular complexity index is 721. The van der Waals surface area contributed by atoms with Gasteiger partial charge in [-0.3, -0.25) is 9.69 Å². The molecule has 1 N–H and O–H groups in total. The van der Waals surface area contributed by atoms with Crippen molar-refractivity contribution in [3.05, 3.63) is 27.8 Å². The monoisotopic (exact) mass is 377 g/mol. The Hall–Kier alpha value is -1.80. The minimum atomic E-state index is -0.00559. The Morgan fingerprint density at radius 1 is 1.46 bits per heavy atom. The molecule has 0 aromatic carbocycles. The van der Waals surface area contributed by atoms with E-state index < -0.39 is 0 Å². The summed E-state index contributed by atoms with van der Waals surface area (Å²) >= 11 is 1.40. The molecule has 142 valence electrons. The average Bonchev–Trinajstić information content (AvgIpc) is 3.29. The number of hydrogen-bond donors (Lipinski definition) is 1. The maximum atomic E-state index is 12.3. The molecule has 7 nitrogen and oxygen atoms in total. The van der Waals surface area contributed by atoms with Crippen LogP contribution in [0.2, 0.25) is 0 Å². The summed E-state index contributed by atoms with van der Waals surface area (Å²) in [5.41, 5.74) is 2.52. The smallest absolute Gasteiger partial charge is 0.263 e. The summed E-state index contributed by atoms with van der Waals surface area (Å²) in [7, 11) is 0. The number of piperidine rings is 1. The number of nitrogens with one attached hydrogen (secondary N) is 1. The molecule has 0 bridgehead atoms. The van der Waals surface area contributed by atoms with Crippen molar-refractivity contribution in [2.75, 3.05) is 13.1 Å². The molecule has 3 heterocycles. The van der Waals surface area contributed by atoms with Gasteiger partial charge < -0.3 is 9.84 Å². The predicted molar refractivity (Wildman–Crippen MR) is 100 cm³/mol. The van der Waals surface area contributed by atoms with Gasteiger partial charge in [-0.1, -0.05) is 18.5 Å². The third-order valence-electron chi connectivity index (χ3n) is 4.96. The van der Waals surface area contributed by atoms with Crippen molar-refractivity contribution >= 4 is 17.2 Å². The number of aryl methyl sites for hydroxylation is 2. The first-order valence-electron chi connectivity index (χ1n) is 9.36. The Morgan fingerprint density at radius 3 is 2.88 bits per heavy atom. The topological polar surface area (TPSA) is 84.2 Å². The molecule has 1 amide bonds. The minimum Gasteiger partial charge on any atom is -0.348 e. The fraction of sp³-hybridized carbons (Fsp3) is 0.667. The number of rotatable bonds is 7. The number of unbranched alkanes of at least 4 members (excludes halogenated alkanes) is 1. The molecular weight excluding hydrogens is 350 g/mol. The molecule has 0 radical (unpaired) electrons. The molecule has 0 aliphatic carbocycles. The molecule has 1 aliphatic rings. The third kappa shape index (κ3) is 4.48. The number of hydrogen-bond acceptors (Lipinski definition) is 7. The van der Waals surface area contributed by atoms with Gasteiger partial charge in [-0.05, 0) is 33.1 Å². The SMILES string of the molecule is CCCCc1noc(C(C)N2CCC(NC(=O)c3scnc3C)CC2)n1. The van der Waals surface area contributed by atoms with Gasteiger partial charge in [0.25, 0.3) is 5.91 Å². The van der Waals surface area contributed by atoms with E-state index >= 15 is 0 Å². The lowest BCUT2D eigenvalue weighted by Crippen LogP contribution is -2.45. The number of thiazole rings is 1. The number of carbonyl (C=O) groups is 1. The Balaban J connectivity index is 1.49. The summed E-state index contributed by atoms with van der Waals surface area (Å²) in [6.45, 7) is 7.94. The maximum Gasteiger partial charge on any atom is 0.263 e. The normalized spacial score (nSPS) is 17.3. The van der Waals surface area contributed by atoms with Crippen molar-refractivity contribution in [1.82, 2.24) is 25.3 Å². The highest BCUT2D eigenvalue weighted by Crippen LogP contribution is 2.24. The molecule has 1 atom stereocenters. The highest BCUT2D eigenvalue weighted by atomic mass is 32.1. The van der Waals surface area contributed by atoms with Gasteiger partial charge in [0, 0.05) is 25.6 Å². The van der Waals surface area contributed by atoms with E-state index in [-0.39, 0.29) is 18.0 Å². The fourth-order valence-corrected chi connectivity index (χ4v) is 3.94. The molecule has 1 fully saturated rings. The van der Waals surface area contributed by atoms with Gasteiger partial charge in [0.15, 0.2) is 5.82 Å². The number of likely N-dealkylation sites (tertiary alicyclic amines) is 1. The van der Waals surface area contributed by atoms with Gasteiger partial charge in [-0.15, -0.1) is 11.3 Å². The van der Waals surface area contributed by atoms with Crippen LogP contribution in [0, 0.1) is 6.92 Å². The van der Waals surface area contributed by atoms with Crippen LogP contribution >= 0.6 is 11.3 Å². The van der Waals surface area contributed by atoms with Crippen molar-refractivity contribution in [2.24, 2.45) is 0 Å². The maximum absolute atomic E-state index is 12.3. The summed E-state index contributed by atoms with van der Waals surface area (Å²) in [5, 5.41) is 7.23. The van der Waals surface area contributed by atoms with Crippen LogP contribution in [0.25, 0.3) is 0 Å². The summed E-state index contributed by atoms with van der Waals surface area (Å²) in [6.07, 6.45) is 4.92. The zero-order valence-corrected chi connectivity index (χ0v) is 16.5. The fourth-order valence-electron chi connectivity index (χ4n) is 3.23. The van der Waals surface area contributed by atoms with Crippen LogP contribution in [0.5, 0.6) is 0 Å². The predicted octanol–water partition coefficient (Wildman–Crippen LogP) is 3.13. The number of nitrogens with zero attached hydrogens (tertiary/aromatic N) is 4. The largest absolute Gasteiger partial charge is 0.348 e. The van der Waals surface area contributed by atoms with Crippen LogP contribution in [0.15, 0.2) is 10.0 Å². The van der Waals surface area contributed by atoms with Crippen LogP contribution in [-0.4, -0.2) is 45.1 Å². The Morgan fingerprint density at radius 2 is 2.23 bits per heavy atom. The van der Waals surface area contributed by atoms with Gasteiger partial charge in [0.1, 0.15) is 4.88 Å². The lowest BCUT2D eigenvalue weighted by molar-refractivity contribution is 0.0884. The lowest BCUT2D eigenvalue weighted by atomic mass is 10.0. The van der Waals surface area contributed by atoms with E-state index in [4.69, 9.17) is 4.52 Å². The Kier molecular flexibility index (Phi) is 6.37. The molecular formula is C18H27N5O2S. The van der Waals surface area contributed by atoms with Crippen molar-refractivity contribution in [2.45, 2.75) is 65.0 Å². The second-order valence-electron chi connectivity index (χ2n) is 6.88. The number of amides is 1. The first-order valence-corrected chi connectivity index (χ1v) is 10.2. The molecule has 2 aromatic heterocycles. The standard InChI is InChI=1S/C18H27N5O2S/c1-4-5-6-15-21-18(25-22-15)13(3)23-9-7-14(8-10-23)20-17(24)16-12(2)19-11-26-16/h11,13-14H,4-10H2,1-3H3,(H,20,24). The second-order valence-corrected chi connectivity index (χ2v) is 7.73. The molecule has 1 aliphatic heterocycles. The minimum absolute atomic E-state index is 0.00559. The van der Waals surface area contributed by atoms with Crippen molar-refractivity contribution in [3.63, 3.8) is 0 Å². The van der Waals surface area contributed by atoms with Gasteiger partial charge in [0.2, 0.25) is 5.89 Å². The molecule has 1 unspecified atom stereocenters. The van der Waals surface area contributed by atoms with E-state index in [2.05, 4.69) is 39.2 Å². The Labute approximate surface area is 158 Å². The van der Waals surface area contributed by atoms with E-state index in [9.17, 15) is 4.79 Å². The molecule has 0 saturated carbocycles. The van der Waals surface area contributed by atoms with Gasteiger partial charge in [-0.25, -0.2) is 4.98 Å². The molecule has 0 spiro atoms. The summed E-state index contributed by atoms with van der Waals surface area (Å²) in [5.74, 6) is 1.49. The molecule has 8 heteroatoms. The first kappa shape index (κ1) is 19.0. The third-order valence-corrected chi connectivity index (χ3v) is 5.89. The summed E-state index contributed by atoms with van der Waals surface area (Å²) < 4.78 is 5.45. The zero-order chi connectivity index (χ0) is 18.5. The zero-order valence-electron chi connectivity index (χ0n) is 15.7. The molecule has 2 aromatic rings. The van der Waals surface area contributed by atoms with E-state index in [0.29, 0.717) is 10.8 Å². The van der Waals surface area contributed by atoms with E-state index in [1.165, 1.54) is 11.3 Å². The lowest BCUT2D eigenvalue weighted by Gasteiger charge is -2.34. The van der Waals surface area contributed by atoms with Crippen LogP contribution in [0.3, 0.4) is 0 Å². The highest BCUT2D eigenvalue weighted by Gasteiger charge is 2.28. The molecule has 3 rings (SSSR count). The molecule has 1 saturated heterocycles. The molecule has 26 heavy (non-hydrogen) atoms. The van der Waals surface area contributed by atoms with Crippen LogP contribution < -0.4 is 5.32 Å². The number of aromatic nitrogens is 3. The van der Waals surface area contributed by atoms with Crippen molar-refractivity contribution in [3.8, 4) is 0 Å². The summed E-state index contributed by atoms with van der Waals surface area (Å²) in [6, 6.07) is 0.313. The quantitative estimate of drug-likeness (QED) is 0.798. The number of carbonyl (C=O) groups excluding carboxylic acids is 1. The van der Waals surface area contributed by atoms with E-state index in [1.807, 2.05) is 6.92 Å². The van der Waals surface area contributed by atoms with Gasteiger partial charge in [0.05, 0.1) is 17.2 Å². The van der Waals surface area contributed by atoms with Crippen LogP contribution in [-0.2, 0) is 6.42 Å². The first-order chi connectivity index (χ1) is 12.6. The average molecular weight is 378 g/mol. The van der Waals surface area contributed by atoms with Gasteiger partial charge >= 0.3 is 0 Å². The second kappa shape index (κ2) is 8.73. The van der Waals surface area contributed by atoms with E-state index in [0.717, 1.165) is 56.7 Å². The van der Waals surface area contributed by atoms with Gasteiger partial charge in [-0.2, -0.15) is 4.98 Å². The van der Waals surface area contributed by atoms with Crippen LogP contribution in [0.1, 0.15) is 72.7 Å².